The highest BCUT2D eigenvalue weighted by atomic mass is 16.5. The van der Waals surface area contributed by atoms with Gasteiger partial charge in [0.1, 0.15) is 6.10 Å². The van der Waals surface area contributed by atoms with E-state index in [1.54, 1.807) is 0 Å². The number of rotatable bonds is 7. The number of benzene rings is 1. The van der Waals surface area contributed by atoms with Crippen LogP contribution in [0.4, 0.5) is 0 Å². The highest BCUT2D eigenvalue weighted by Crippen LogP contribution is 2.19. The first kappa shape index (κ1) is 18.0. The summed E-state index contributed by atoms with van der Waals surface area (Å²) in [6.07, 6.45) is 8.33. The van der Waals surface area contributed by atoms with E-state index in [9.17, 15) is 4.79 Å². The fourth-order valence-corrected chi connectivity index (χ4v) is 3.64. The predicted octanol–water partition coefficient (Wildman–Crippen LogP) is 2.17. The van der Waals surface area contributed by atoms with E-state index in [4.69, 9.17) is 10.5 Å². The number of ether oxygens (including phenoxy) is 1. The Kier molecular flexibility index (Phi) is 6.48. The van der Waals surface area contributed by atoms with E-state index in [-0.39, 0.29) is 17.9 Å². The lowest BCUT2D eigenvalue weighted by Crippen LogP contribution is -2.40. The zero-order valence-corrected chi connectivity index (χ0v) is 14.8. The van der Waals surface area contributed by atoms with E-state index in [2.05, 4.69) is 40.6 Å². The minimum Gasteiger partial charge on any atom is -0.497 e. The Morgan fingerprint density at radius 1 is 1.32 bits per heavy atom. The van der Waals surface area contributed by atoms with Crippen molar-refractivity contribution in [3.63, 3.8) is 0 Å². The smallest absolute Gasteiger partial charge is 0.221 e. The molecule has 0 radical (unpaired) electrons. The van der Waals surface area contributed by atoms with Gasteiger partial charge in [0.15, 0.2) is 0 Å². The fraction of sp³-hybridized carbons (Fsp3) is 0.550. The molecule has 2 heterocycles. The number of amides is 1. The van der Waals surface area contributed by atoms with E-state index >= 15 is 0 Å². The molecule has 5 heteroatoms. The number of piperidine rings is 1. The minimum atomic E-state index is -0.164. The number of nitrogens with one attached hydrogen (secondary N) is 1. The molecule has 1 amide bonds. The maximum atomic E-state index is 11.4. The molecule has 0 aromatic heterocycles. The summed E-state index contributed by atoms with van der Waals surface area (Å²) in [5, 5.41) is 3.49. The number of likely N-dealkylation sites (tertiary alicyclic amines) is 1. The average Bonchev–Trinajstić information content (AvgIpc) is 2.63. The lowest BCUT2D eigenvalue weighted by atomic mass is 9.97. The van der Waals surface area contributed by atoms with Crippen molar-refractivity contribution in [3.05, 3.63) is 47.7 Å². The van der Waals surface area contributed by atoms with Crippen LogP contribution in [0.2, 0.25) is 0 Å². The van der Waals surface area contributed by atoms with Crippen molar-refractivity contribution in [2.45, 2.75) is 44.9 Å². The Balaban J connectivity index is 1.47. The number of nitrogens with two attached hydrogens (primary N) is 1. The highest BCUT2D eigenvalue weighted by molar-refractivity contribution is 5.76. The first-order chi connectivity index (χ1) is 12.2. The van der Waals surface area contributed by atoms with Gasteiger partial charge in [-0.15, -0.1) is 0 Å². The highest BCUT2D eigenvalue weighted by Gasteiger charge is 2.23. The van der Waals surface area contributed by atoms with Crippen molar-refractivity contribution >= 4 is 5.91 Å². The first-order valence-electron chi connectivity index (χ1n) is 9.31. The van der Waals surface area contributed by atoms with Crippen LogP contribution in [0.15, 0.2) is 36.6 Å². The van der Waals surface area contributed by atoms with E-state index in [0.29, 0.717) is 0 Å². The molecule has 25 heavy (non-hydrogen) atoms. The standard InChI is InChI=1S/C20H29N3O2/c21-20(24)18-7-4-9-23(15-18)14-17-6-3-5-16(11-17)12-22-13-19-8-1-2-10-25-19/h2-3,5-6,10-11,18-19,22H,1,4,7-9,12-15H2,(H2,21,24)/t18-,19-/m0/s1. The summed E-state index contributed by atoms with van der Waals surface area (Å²) in [6, 6.07) is 8.68. The van der Waals surface area contributed by atoms with Crippen LogP contribution < -0.4 is 11.1 Å². The second-order valence-electron chi connectivity index (χ2n) is 7.13. The summed E-state index contributed by atoms with van der Waals surface area (Å²) in [5.74, 6) is -0.162. The maximum Gasteiger partial charge on any atom is 0.221 e. The molecule has 0 unspecified atom stereocenters. The fourth-order valence-electron chi connectivity index (χ4n) is 3.64. The summed E-state index contributed by atoms with van der Waals surface area (Å²) < 4.78 is 5.58. The van der Waals surface area contributed by atoms with Crippen LogP contribution in [0.5, 0.6) is 0 Å². The second-order valence-corrected chi connectivity index (χ2v) is 7.13. The summed E-state index contributed by atoms with van der Waals surface area (Å²) in [6.45, 7) is 4.43. The normalized spacial score (nSPS) is 24.0. The number of nitrogens with zero attached hydrogens (tertiary/aromatic N) is 1. The van der Waals surface area contributed by atoms with Crippen LogP contribution in [0.25, 0.3) is 0 Å². The molecule has 2 aliphatic heterocycles. The lowest BCUT2D eigenvalue weighted by molar-refractivity contribution is -0.123. The average molecular weight is 343 g/mol. The molecule has 1 fully saturated rings. The molecule has 0 saturated carbocycles. The molecule has 0 aliphatic carbocycles. The summed E-state index contributed by atoms with van der Waals surface area (Å²) in [5.41, 5.74) is 8.05. The summed E-state index contributed by atoms with van der Waals surface area (Å²) in [7, 11) is 0. The molecule has 0 bridgehead atoms. The van der Waals surface area contributed by atoms with Crippen LogP contribution in [0.1, 0.15) is 36.8 Å². The molecule has 5 nitrogen and oxygen atoms in total. The van der Waals surface area contributed by atoms with Gasteiger partial charge in [-0.25, -0.2) is 0 Å². The van der Waals surface area contributed by atoms with Gasteiger partial charge in [0.25, 0.3) is 0 Å². The molecule has 3 rings (SSSR count). The molecule has 2 atom stereocenters. The van der Waals surface area contributed by atoms with Gasteiger partial charge in [0.2, 0.25) is 5.91 Å². The van der Waals surface area contributed by atoms with Crippen LogP contribution >= 0.6 is 0 Å². The molecule has 136 valence electrons. The van der Waals surface area contributed by atoms with Gasteiger partial charge in [0, 0.05) is 26.2 Å². The van der Waals surface area contributed by atoms with Crippen molar-refractivity contribution in [3.8, 4) is 0 Å². The van der Waals surface area contributed by atoms with Gasteiger partial charge in [-0.05, 0) is 49.4 Å². The second kappa shape index (κ2) is 9.02. The van der Waals surface area contributed by atoms with Crippen LogP contribution in [-0.4, -0.2) is 36.5 Å². The largest absolute Gasteiger partial charge is 0.497 e. The van der Waals surface area contributed by atoms with Gasteiger partial charge < -0.3 is 15.8 Å². The van der Waals surface area contributed by atoms with Crippen molar-refractivity contribution in [1.82, 2.24) is 10.2 Å². The van der Waals surface area contributed by atoms with Gasteiger partial charge in [-0.1, -0.05) is 24.3 Å². The number of hydrogen-bond acceptors (Lipinski definition) is 4. The molecule has 1 aromatic rings. The van der Waals surface area contributed by atoms with E-state index in [1.165, 1.54) is 11.1 Å². The topological polar surface area (TPSA) is 67.6 Å². The van der Waals surface area contributed by atoms with Gasteiger partial charge >= 0.3 is 0 Å². The van der Waals surface area contributed by atoms with Crippen molar-refractivity contribution in [2.75, 3.05) is 19.6 Å². The van der Waals surface area contributed by atoms with Crippen molar-refractivity contribution < 1.29 is 9.53 Å². The number of primary amides is 1. The first-order valence-corrected chi connectivity index (χ1v) is 9.31. The predicted molar refractivity (Wildman–Crippen MR) is 98.6 cm³/mol. The number of allylic oxidation sites excluding steroid dienone is 1. The third-order valence-corrected chi connectivity index (χ3v) is 5.03. The Bertz CT molecular complexity index is 602. The number of carbonyl (C=O) groups is 1. The third-order valence-electron chi connectivity index (χ3n) is 5.03. The molecular formula is C20H29N3O2. The van der Waals surface area contributed by atoms with Crippen LogP contribution in [-0.2, 0) is 22.6 Å². The third kappa shape index (κ3) is 5.58. The Labute approximate surface area is 150 Å². The molecule has 3 N–H and O–H groups in total. The van der Waals surface area contributed by atoms with E-state index in [1.807, 2.05) is 6.26 Å². The van der Waals surface area contributed by atoms with E-state index < -0.39 is 0 Å². The van der Waals surface area contributed by atoms with Gasteiger partial charge in [0.05, 0.1) is 12.2 Å². The van der Waals surface area contributed by atoms with Crippen LogP contribution in [0, 0.1) is 5.92 Å². The Morgan fingerprint density at radius 2 is 2.20 bits per heavy atom. The maximum absolute atomic E-state index is 11.4. The number of carbonyl (C=O) groups excluding carboxylic acids is 1. The molecule has 0 spiro atoms. The van der Waals surface area contributed by atoms with Crippen molar-refractivity contribution in [1.29, 1.82) is 0 Å². The SMILES string of the molecule is NC(=O)[C@H]1CCCN(Cc2cccc(CNC[C@@H]3CCC=CO3)c2)C1. The molecule has 1 saturated heterocycles. The minimum absolute atomic E-state index is 0.00291. The van der Waals surface area contributed by atoms with Gasteiger partial charge in [-0.2, -0.15) is 0 Å². The Morgan fingerprint density at radius 3 is 3.00 bits per heavy atom. The van der Waals surface area contributed by atoms with Gasteiger partial charge in [-0.3, -0.25) is 9.69 Å². The van der Waals surface area contributed by atoms with E-state index in [0.717, 1.165) is 58.4 Å². The van der Waals surface area contributed by atoms with Crippen molar-refractivity contribution in [2.24, 2.45) is 11.7 Å². The molecule has 2 aliphatic rings. The summed E-state index contributed by atoms with van der Waals surface area (Å²) in [4.78, 5) is 13.8. The lowest BCUT2D eigenvalue weighted by Gasteiger charge is -2.31. The quantitative estimate of drug-likeness (QED) is 0.796. The summed E-state index contributed by atoms with van der Waals surface area (Å²) >= 11 is 0. The van der Waals surface area contributed by atoms with Crippen LogP contribution in [0.3, 0.4) is 0 Å². The monoisotopic (exact) mass is 343 g/mol. The Hall–Kier alpha value is -1.85. The zero-order chi connectivity index (χ0) is 17.5. The zero-order valence-electron chi connectivity index (χ0n) is 14.8. The molecular weight excluding hydrogens is 314 g/mol. The number of hydrogen-bond donors (Lipinski definition) is 2. The molecule has 1 aromatic carbocycles.